The van der Waals surface area contributed by atoms with Crippen LogP contribution in [0.15, 0.2) is 0 Å². The van der Waals surface area contributed by atoms with Crippen molar-refractivity contribution in [1.82, 2.24) is 0 Å². The summed E-state index contributed by atoms with van der Waals surface area (Å²) in [6, 6.07) is 0. The molecule has 0 bridgehead atoms. The van der Waals surface area contributed by atoms with Crippen LogP contribution in [0.3, 0.4) is 0 Å². The Bertz CT molecular complexity index is 170. The normalized spacial score (nSPS) is 18.0. The lowest BCUT2D eigenvalue weighted by Crippen LogP contribution is -2.47. The molecule has 0 amide bonds. The van der Waals surface area contributed by atoms with E-state index >= 15 is 0 Å². The molecule has 17 heavy (non-hydrogen) atoms. The predicted molar refractivity (Wildman–Crippen MR) is 62.6 cm³/mol. The fourth-order valence-electron chi connectivity index (χ4n) is 2.30. The Morgan fingerprint density at radius 2 is 1.59 bits per heavy atom. The van der Waals surface area contributed by atoms with Crippen LogP contribution in [-0.4, -0.2) is 44.1 Å². The van der Waals surface area contributed by atoms with E-state index in [0.717, 1.165) is 19.8 Å². The van der Waals surface area contributed by atoms with Gasteiger partial charge in [-0.2, -0.15) is 13.2 Å². The van der Waals surface area contributed by atoms with Crippen LogP contribution in [-0.2, 0) is 4.74 Å². The van der Waals surface area contributed by atoms with Gasteiger partial charge in [-0.25, -0.2) is 0 Å². The highest BCUT2D eigenvalue weighted by Gasteiger charge is 2.30. The molecular formula is C12H25F3NO+. The lowest BCUT2D eigenvalue weighted by molar-refractivity contribution is -0.935. The van der Waals surface area contributed by atoms with Crippen molar-refractivity contribution < 1.29 is 22.4 Å². The van der Waals surface area contributed by atoms with Gasteiger partial charge in [-0.3, -0.25) is 0 Å². The van der Waals surface area contributed by atoms with Crippen LogP contribution in [0.1, 0.15) is 39.5 Å². The summed E-state index contributed by atoms with van der Waals surface area (Å²) < 4.78 is 35.9. The number of likely N-dealkylation sites (tertiary alicyclic amines) is 1. The molecule has 5 heteroatoms. The minimum atomic E-state index is -3.67. The Morgan fingerprint density at radius 3 is 2.00 bits per heavy atom. The minimum absolute atomic E-state index is 0.934. The zero-order valence-corrected chi connectivity index (χ0v) is 10.9. The smallest absolute Gasteiger partial charge is 0.332 e. The summed E-state index contributed by atoms with van der Waals surface area (Å²) in [5, 5.41) is 0. The van der Waals surface area contributed by atoms with Gasteiger partial charge >= 0.3 is 6.68 Å². The molecule has 104 valence electrons. The molecule has 0 aromatic carbocycles. The van der Waals surface area contributed by atoms with Crippen molar-refractivity contribution in [3.63, 3.8) is 0 Å². The van der Waals surface area contributed by atoms with Crippen molar-refractivity contribution in [2.75, 3.05) is 33.0 Å². The number of rotatable bonds is 6. The lowest BCUT2D eigenvalue weighted by Gasteiger charge is -2.33. The molecule has 0 saturated carbocycles. The summed E-state index contributed by atoms with van der Waals surface area (Å²) >= 11 is 0. The molecular weight excluding hydrogens is 231 g/mol. The monoisotopic (exact) mass is 256 g/mol. The van der Waals surface area contributed by atoms with Gasteiger partial charge in [0.15, 0.2) is 6.73 Å². The second-order valence-electron chi connectivity index (χ2n) is 4.50. The molecule has 1 heterocycles. The summed E-state index contributed by atoms with van der Waals surface area (Å²) in [6.45, 7) is 6.68. The van der Waals surface area contributed by atoms with Gasteiger partial charge in [-0.15, -0.1) is 0 Å². The van der Waals surface area contributed by atoms with Gasteiger partial charge in [0.05, 0.1) is 26.2 Å². The van der Waals surface area contributed by atoms with Crippen molar-refractivity contribution in [3.8, 4) is 0 Å². The Labute approximate surface area is 102 Å². The van der Waals surface area contributed by atoms with E-state index in [4.69, 9.17) is 4.74 Å². The van der Waals surface area contributed by atoms with E-state index in [9.17, 15) is 13.2 Å². The summed E-state index contributed by atoms with van der Waals surface area (Å²) in [5.41, 5.74) is 0. The molecule has 2 nitrogen and oxygen atoms in total. The molecule has 0 aliphatic carbocycles. The largest absolute Gasteiger partial charge is 0.379 e. The van der Waals surface area contributed by atoms with Gasteiger partial charge in [-0.1, -0.05) is 13.8 Å². The molecule has 0 spiro atoms. The van der Waals surface area contributed by atoms with Crippen molar-refractivity contribution in [2.24, 2.45) is 0 Å². The van der Waals surface area contributed by atoms with E-state index in [1.54, 1.807) is 0 Å². The second-order valence-corrected chi connectivity index (χ2v) is 4.50. The first-order chi connectivity index (χ1) is 8.06. The van der Waals surface area contributed by atoms with Crippen molar-refractivity contribution in [2.45, 2.75) is 46.2 Å². The van der Waals surface area contributed by atoms with E-state index in [-0.39, 0.29) is 0 Å². The van der Waals surface area contributed by atoms with Crippen molar-refractivity contribution in [1.29, 1.82) is 0 Å². The van der Waals surface area contributed by atoms with E-state index < -0.39 is 6.68 Å². The SMILES string of the molecule is CCCOC[N+]1(CCC)CCCC1.FC(F)F. The van der Waals surface area contributed by atoms with E-state index in [1.165, 1.54) is 43.4 Å². The summed E-state index contributed by atoms with van der Waals surface area (Å²) in [6.07, 6.45) is 5.23. The first kappa shape index (κ1) is 16.7. The van der Waals surface area contributed by atoms with Gasteiger partial charge in [0.2, 0.25) is 0 Å². The third-order valence-corrected chi connectivity index (χ3v) is 2.93. The van der Waals surface area contributed by atoms with E-state index in [0.29, 0.717) is 0 Å². The maximum atomic E-state index is 9.67. The van der Waals surface area contributed by atoms with Gasteiger partial charge in [0.1, 0.15) is 0 Å². The standard InChI is InChI=1S/C11H24NO.CHF3/c1-3-7-12(8-5-6-9-12)11-13-10-4-2;2-1(3)4/h3-11H2,1-2H3;1H/q+1;. The van der Waals surface area contributed by atoms with Crippen LogP contribution in [0.5, 0.6) is 0 Å². The van der Waals surface area contributed by atoms with Gasteiger partial charge in [0, 0.05) is 12.8 Å². The quantitative estimate of drug-likeness (QED) is 0.521. The molecule has 1 aliphatic rings. The molecule has 0 aromatic heterocycles. The summed E-state index contributed by atoms with van der Waals surface area (Å²) in [7, 11) is 0. The molecule has 0 radical (unpaired) electrons. The van der Waals surface area contributed by atoms with Crippen LogP contribution >= 0.6 is 0 Å². The second kappa shape index (κ2) is 9.71. The number of alkyl halides is 3. The number of quaternary nitrogens is 1. The molecule has 0 unspecified atom stereocenters. The van der Waals surface area contributed by atoms with Gasteiger partial charge in [0.25, 0.3) is 0 Å². The Hall–Kier alpha value is -0.290. The highest BCUT2D eigenvalue weighted by Crippen LogP contribution is 2.19. The average Bonchev–Trinajstić information content (AvgIpc) is 2.67. The molecule has 0 N–H and O–H groups in total. The number of hydrogen-bond acceptors (Lipinski definition) is 1. The Balaban J connectivity index is 0.000000557. The number of nitrogens with zero attached hydrogens (tertiary/aromatic N) is 1. The highest BCUT2D eigenvalue weighted by atomic mass is 19.4. The van der Waals surface area contributed by atoms with Crippen molar-refractivity contribution >= 4 is 0 Å². The summed E-state index contributed by atoms with van der Waals surface area (Å²) in [4.78, 5) is 0. The molecule has 1 aliphatic heterocycles. The molecule has 0 atom stereocenters. The Kier molecular flexibility index (Phi) is 9.55. The number of hydrogen-bond donors (Lipinski definition) is 0. The van der Waals surface area contributed by atoms with E-state index in [1.807, 2.05) is 0 Å². The van der Waals surface area contributed by atoms with Gasteiger partial charge < -0.3 is 9.22 Å². The fourth-order valence-corrected chi connectivity index (χ4v) is 2.30. The lowest BCUT2D eigenvalue weighted by atomic mass is 10.4. The van der Waals surface area contributed by atoms with Crippen LogP contribution in [0, 0.1) is 0 Å². The first-order valence-corrected chi connectivity index (χ1v) is 6.41. The molecule has 1 fully saturated rings. The van der Waals surface area contributed by atoms with Crippen LogP contribution in [0.2, 0.25) is 0 Å². The number of halogens is 3. The van der Waals surface area contributed by atoms with E-state index in [2.05, 4.69) is 13.8 Å². The molecule has 1 saturated heterocycles. The van der Waals surface area contributed by atoms with Crippen LogP contribution < -0.4 is 0 Å². The Morgan fingerprint density at radius 1 is 1.06 bits per heavy atom. The van der Waals surface area contributed by atoms with Crippen LogP contribution in [0.25, 0.3) is 0 Å². The topological polar surface area (TPSA) is 9.23 Å². The van der Waals surface area contributed by atoms with Crippen molar-refractivity contribution in [3.05, 3.63) is 0 Å². The zero-order valence-electron chi connectivity index (χ0n) is 10.9. The first-order valence-electron chi connectivity index (χ1n) is 6.41. The fraction of sp³-hybridized carbons (Fsp3) is 1.00. The third kappa shape index (κ3) is 8.44. The highest BCUT2D eigenvalue weighted by molar-refractivity contribution is 4.52. The maximum absolute atomic E-state index is 9.67. The molecule has 1 rings (SSSR count). The third-order valence-electron chi connectivity index (χ3n) is 2.93. The number of ether oxygens (including phenoxy) is 1. The molecule has 0 aromatic rings. The zero-order chi connectivity index (χ0) is 13.1. The predicted octanol–water partition coefficient (Wildman–Crippen LogP) is 3.57. The van der Waals surface area contributed by atoms with Gasteiger partial charge in [-0.05, 0) is 12.8 Å². The minimum Gasteiger partial charge on any atom is -0.332 e. The van der Waals surface area contributed by atoms with Crippen LogP contribution in [0.4, 0.5) is 13.2 Å². The average molecular weight is 256 g/mol. The maximum Gasteiger partial charge on any atom is 0.379 e. The summed E-state index contributed by atoms with van der Waals surface area (Å²) in [5.74, 6) is 0.